The summed E-state index contributed by atoms with van der Waals surface area (Å²) < 4.78 is 5.15. The molecule has 0 radical (unpaired) electrons. The number of anilines is 1. The summed E-state index contributed by atoms with van der Waals surface area (Å²) in [7, 11) is 1.63. The van der Waals surface area contributed by atoms with Crippen LogP contribution >= 0.6 is 11.3 Å². The van der Waals surface area contributed by atoms with Gasteiger partial charge in [0.15, 0.2) is 5.78 Å². The first-order valence-corrected chi connectivity index (χ1v) is 9.47. The Morgan fingerprint density at radius 2 is 1.80 bits per heavy atom. The molecule has 1 aromatic carbocycles. The molecule has 3 rings (SSSR count). The number of aromatic nitrogens is 2. The van der Waals surface area contributed by atoms with Gasteiger partial charge in [0.25, 0.3) is 0 Å². The second-order valence-corrected chi connectivity index (χ2v) is 8.45. The molecule has 2 aromatic rings. The van der Waals surface area contributed by atoms with Crippen LogP contribution in [0.5, 0.6) is 5.75 Å². The number of ketones is 1. The van der Waals surface area contributed by atoms with Gasteiger partial charge in [0.2, 0.25) is 5.13 Å². The van der Waals surface area contributed by atoms with Gasteiger partial charge >= 0.3 is 0 Å². The lowest BCUT2D eigenvalue weighted by Crippen LogP contribution is -2.36. The van der Waals surface area contributed by atoms with Crippen LogP contribution in [0.2, 0.25) is 0 Å². The van der Waals surface area contributed by atoms with Crippen molar-refractivity contribution in [2.75, 3.05) is 25.1 Å². The van der Waals surface area contributed by atoms with E-state index in [4.69, 9.17) is 4.74 Å². The van der Waals surface area contributed by atoms with Gasteiger partial charge in [0.1, 0.15) is 10.8 Å². The third kappa shape index (κ3) is 4.00. The highest BCUT2D eigenvalue weighted by Gasteiger charge is 2.28. The molecular formula is C19H25N3O2S. The number of hydrogen-bond acceptors (Lipinski definition) is 6. The molecular weight excluding hydrogens is 334 g/mol. The van der Waals surface area contributed by atoms with E-state index in [1.807, 2.05) is 24.3 Å². The van der Waals surface area contributed by atoms with Crippen molar-refractivity contribution in [2.24, 2.45) is 5.92 Å². The average molecular weight is 359 g/mol. The molecule has 134 valence electrons. The SMILES string of the molecule is COc1ccc(C(=O)C2CCN(c3nnc(C(C)(C)C)s3)CC2)cc1. The number of methoxy groups -OCH3 is 1. The van der Waals surface area contributed by atoms with Gasteiger partial charge in [-0.3, -0.25) is 4.79 Å². The quantitative estimate of drug-likeness (QED) is 0.774. The molecule has 6 heteroatoms. The number of ether oxygens (including phenoxy) is 1. The maximum atomic E-state index is 12.7. The number of hydrogen-bond donors (Lipinski definition) is 0. The molecule has 1 aromatic heterocycles. The monoisotopic (exact) mass is 359 g/mol. The molecule has 0 bridgehead atoms. The fourth-order valence-corrected chi connectivity index (χ4v) is 3.92. The summed E-state index contributed by atoms with van der Waals surface area (Å²) in [6.07, 6.45) is 1.71. The Morgan fingerprint density at radius 1 is 1.16 bits per heavy atom. The lowest BCUT2D eigenvalue weighted by molar-refractivity contribution is 0.0900. The van der Waals surface area contributed by atoms with Gasteiger partial charge in [-0.05, 0) is 37.1 Å². The van der Waals surface area contributed by atoms with E-state index in [1.165, 1.54) is 0 Å². The van der Waals surface area contributed by atoms with Gasteiger partial charge in [-0.15, -0.1) is 10.2 Å². The Morgan fingerprint density at radius 3 is 2.32 bits per heavy atom. The topological polar surface area (TPSA) is 55.3 Å². The summed E-state index contributed by atoms with van der Waals surface area (Å²) in [5.74, 6) is 1.09. The first-order valence-electron chi connectivity index (χ1n) is 8.65. The minimum atomic E-state index is 0.0264. The number of piperidine rings is 1. The molecule has 5 nitrogen and oxygen atoms in total. The van der Waals surface area contributed by atoms with Crippen LogP contribution in [-0.2, 0) is 5.41 Å². The number of carbonyl (C=O) groups excluding carboxylic acids is 1. The molecule has 0 amide bonds. The highest BCUT2D eigenvalue weighted by molar-refractivity contribution is 7.15. The van der Waals surface area contributed by atoms with Gasteiger partial charge < -0.3 is 9.64 Å². The molecule has 1 aliphatic heterocycles. The lowest BCUT2D eigenvalue weighted by atomic mass is 9.89. The van der Waals surface area contributed by atoms with Crippen LogP contribution in [-0.4, -0.2) is 36.2 Å². The first kappa shape index (κ1) is 17.9. The molecule has 2 heterocycles. The van der Waals surface area contributed by atoms with Crippen molar-refractivity contribution < 1.29 is 9.53 Å². The van der Waals surface area contributed by atoms with E-state index in [-0.39, 0.29) is 17.1 Å². The van der Waals surface area contributed by atoms with E-state index in [1.54, 1.807) is 18.4 Å². The second kappa shape index (κ2) is 7.12. The van der Waals surface area contributed by atoms with Crippen molar-refractivity contribution >= 4 is 22.3 Å². The van der Waals surface area contributed by atoms with E-state index in [2.05, 4.69) is 35.9 Å². The van der Waals surface area contributed by atoms with Crippen LogP contribution in [0.15, 0.2) is 24.3 Å². The smallest absolute Gasteiger partial charge is 0.208 e. The minimum Gasteiger partial charge on any atom is -0.497 e. The van der Waals surface area contributed by atoms with Crippen LogP contribution in [0.3, 0.4) is 0 Å². The third-order valence-corrected chi connectivity index (χ3v) is 5.98. The second-order valence-electron chi connectivity index (χ2n) is 7.49. The molecule has 25 heavy (non-hydrogen) atoms. The molecule has 1 aliphatic rings. The maximum Gasteiger partial charge on any atom is 0.208 e. The van der Waals surface area contributed by atoms with E-state index in [0.717, 1.165) is 47.4 Å². The van der Waals surface area contributed by atoms with E-state index in [9.17, 15) is 4.79 Å². The van der Waals surface area contributed by atoms with Crippen molar-refractivity contribution in [1.82, 2.24) is 10.2 Å². The van der Waals surface area contributed by atoms with E-state index in [0.29, 0.717) is 0 Å². The number of Topliss-reactive ketones (excluding diaryl/α,β-unsaturated/α-hetero) is 1. The van der Waals surface area contributed by atoms with Gasteiger partial charge in [0.05, 0.1) is 7.11 Å². The third-order valence-electron chi connectivity index (χ3n) is 4.57. The fourth-order valence-electron chi connectivity index (χ4n) is 2.97. The lowest BCUT2D eigenvalue weighted by Gasteiger charge is -2.30. The molecule has 1 saturated heterocycles. The number of benzene rings is 1. The summed E-state index contributed by atoms with van der Waals surface area (Å²) in [6, 6.07) is 7.40. The highest BCUT2D eigenvalue weighted by atomic mass is 32.1. The number of rotatable bonds is 4. The van der Waals surface area contributed by atoms with Crippen LogP contribution < -0.4 is 9.64 Å². The Labute approximate surface area is 153 Å². The fraction of sp³-hybridized carbons (Fsp3) is 0.526. The Kier molecular flexibility index (Phi) is 5.08. The standard InChI is InChI=1S/C19H25N3O2S/c1-19(2,3)17-20-21-18(25-17)22-11-9-14(10-12-22)16(23)13-5-7-15(24-4)8-6-13/h5-8,14H,9-12H2,1-4H3. The Hall–Kier alpha value is -1.95. The van der Waals surface area contributed by atoms with Crippen LogP contribution in [0.1, 0.15) is 49.0 Å². The zero-order chi connectivity index (χ0) is 18.0. The molecule has 0 atom stereocenters. The highest BCUT2D eigenvalue weighted by Crippen LogP contribution is 2.32. The van der Waals surface area contributed by atoms with E-state index < -0.39 is 0 Å². The Balaban J connectivity index is 1.61. The minimum absolute atomic E-state index is 0.0264. The van der Waals surface area contributed by atoms with Crippen molar-refractivity contribution in [3.05, 3.63) is 34.8 Å². The van der Waals surface area contributed by atoms with Gasteiger partial charge in [0, 0.05) is 30.0 Å². The first-order chi connectivity index (χ1) is 11.9. The van der Waals surface area contributed by atoms with Crippen LogP contribution in [0.4, 0.5) is 5.13 Å². The average Bonchev–Trinajstić information content (AvgIpc) is 3.12. The molecule has 0 N–H and O–H groups in total. The predicted molar refractivity (Wildman–Crippen MR) is 101 cm³/mol. The van der Waals surface area contributed by atoms with Crippen molar-refractivity contribution in [1.29, 1.82) is 0 Å². The summed E-state index contributed by atoms with van der Waals surface area (Å²) in [4.78, 5) is 14.9. The van der Waals surface area contributed by atoms with Crippen molar-refractivity contribution in [3.63, 3.8) is 0 Å². The molecule has 0 saturated carbocycles. The number of nitrogens with zero attached hydrogens (tertiary/aromatic N) is 3. The maximum absolute atomic E-state index is 12.7. The molecule has 0 unspecified atom stereocenters. The molecule has 0 spiro atoms. The zero-order valence-electron chi connectivity index (χ0n) is 15.3. The number of carbonyl (C=O) groups is 1. The van der Waals surface area contributed by atoms with Crippen molar-refractivity contribution in [3.8, 4) is 5.75 Å². The summed E-state index contributed by atoms with van der Waals surface area (Å²) in [5.41, 5.74) is 0.795. The van der Waals surface area contributed by atoms with Gasteiger partial charge in [-0.25, -0.2) is 0 Å². The summed E-state index contributed by atoms with van der Waals surface area (Å²) in [5, 5.41) is 10.7. The zero-order valence-corrected chi connectivity index (χ0v) is 16.1. The predicted octanol–water partition coefficient (Wildman–Crippen LogP) is 3.94. The van der Waals surface area contributed by atoms with Crippen molar-refractivity contribution in [2.45, 2.75) is 39.0 Å². The normalized spacial score (nSPS) is 16.1. The van der Waals surface area contributed by atoms with Crippen LogP contribution in [0, 0.1) is 5.92 Å². The van der Waals surface area contributed by atoms with Gasteiger partial charge in [-0.2, -0.15) is 0 Å². The molecule has 1 fully saturated rings. The summed E-state index contributed by atoms with van der Waals surface area (Å²) in [6.45, 7) is 8.15. The van der Waals surface area contributed by atoms with Crippen LogP contribution in [0.25, 0.3) is 0 Å². The molecule has 0 aliphatic carbocycles. The van der Waals surface area contributed by atoms with Gasteiger partial charge in [-0.1, -0.05) is 32.1 Å². The van der Waals surface area contributed by atoms with E-state index >= 15 is 0 Å². The Bertz CT molecular complexity index is 726. The summed E-state index contributed by atoms with van der Waals surface area (Å²) >= 11 is 1.66. The largest absolute Gasteiger partial charge is 0.497 e.